The number of carbonyl (C=O) groups is 3. The molecule has 0 aliphatic carbocycles. The molecule has 7 nitrogen and oxygen atoms in total. The van der Waals surface area contributed by atoms with Crippen molar-refractivity contribution in [1.82, 2.24) is 4.90 Å². The molecule has 1 aromatic carbocycles. The fraction of sp³-hybridized carbons (Fsp3) is 0.609. The number of para-hydroxylation sites is 1. The summed E-state index contributed by atoms with van der Waals surface area (Å²) >= 11 is 7.92. The van der Waals surface area contributed by atoms with Crippen LogP contribution in [0.3, 0.4) is 0 Å². The number of fused-ring (bicyclic) bond motifs is 1. The van der Waals surface area contributed by atoms with Crippen molar-refractivity contribution in [3.63, 3.8) is 0 Å². The van der Waals surface area contributed by atoms with Gasteiger partial charge >= 0.3 is 5.97 Å². The number of amides is 2. The molecule has 2 unspecified atom stereocenters. The van der Waals surface area contributed by atoms with Gasteiger partial charge in [-0.1, -0.05) is 30.7 Å². The van der Waals surface area contributed by atoms with Crippen molar-refractivity contribution in [2.45, 2.75) is 62.1 Å². The molecule has 3 aliphatic heterocycles. The second kappa shape index (κ2) is 8.88. The minimum atomic E-state index is -0.804. The molecule has 2 N–H and O–H groups in total. The number of esters is 1. The highest BCUT2D eigenvalue weighted by Crippen LogP contribution is 2.66. The number of thioether (sulfide) groups is 1. The molecule has 6 atom stereocenters. The van der Waals surface area contributed by atoms with Crippen LogP contribution in [-0.2, 0) is 19.1 Å². The van der Waals surface area contributed by atoms with Crippen molar-refractivity contribution < 1.29 is 24.2 Å². The fourth-order valence-corrected chi connectivity index (χ4v) is 8.15. The van der Waals surface area contributed by atoms with E-state index in [-0.39, 0.29) is 36.2 Å². The van der Waals surface area contributed by atoms with Crippen molar-refractivity contribution in [2.75, 3.05) is 18.5 Å². The second-order valence-electron chi connectivity index (χ2n) is 8.72. The summed E-state index contributed by atoms with van der Waals surface area (Å²) in [5, 5.41) is 13.4. The summed E-state index contributed by atoms with van der Waals surface area (Å²) in [4.78, 5) is 41.9. The molecule has 3 heterocycles. The Morgan fingerprint density at radius 1 is 1.41 bits per heavy atom. The minimum absolute atomic E-state index is 0.0447. The van der Waals surface area contributed by atoms with E-state index in [4.69, 9.17) is 16.3 Å². The summed E-state index contributed by atoms with van der Waals surface area (Å²) in [5.41, 5.74) is 1.33. The Labute approximate surface area is 197 Å². The van der Waals surface area contributed by atoms with E-state index < -0.39 is 28.7 Å². The Hall–Kier alpha value is -1.77. The average molecular weight is 481 g/mol. The summed E-state index contributed by atoms with van der Waals surface area (Å²) in [6.07, 6.45) is 1.90. The van der Waals surface area contributed by atoms with Gasteiger partial charge in [0.2, 0.25) is 11.8 Å². The molecular formula is C23H29ClN2O5S. The first kappa shape index (κ1) is 23.4. The molecule has 1 aromatic rings. The Balaban J connectivity index is 1.76. The third-order valence-corrected chi connectivity index (χ3v) is 9.36. The molecule has 2 bridgehead atoms. The number of carbonyl (C=O) groups excluding carboxylic acids is 3. The number of rotatable bonds is 7. The standard InChI is InChI=1S/C23H29ClN2O5S/c1-4-13(11-27)26-19(20(28)25-18-12(3)7-6-8-14(18)24)23-10-9-15(32-23)16(17(23)21(26)29)22(30)31-5-2/h6-8,13,15-17,19,27H,4-5,9-11H2,1-3H3,(H,25,28)/t13-,15+,16-,17-,19?,23?/m0/s1. The number of nitrogens with zero attached hydrogens (tertiary/aromatic N) is 1. The van der Waals surface area contributed by atoms with Crippen molar-refractivity contribution in [3.05, 3.63) is 28.8 Å². The predicted octanol–water partition coefficient (Wildman–Crippen LogP) is 3.01. The minimum Gasteiger partial charge on any atom is -0.466 e. The lowest BCUT2D eigenvalue weighted by Crippen LogP contribution is -2.54. The monoisotopic (exact) mass is 480 g/mol. The fourth-order valence-electron chi connectivity index (χ4n) is 5.69. The first-order valence-corrected chi connectivity index (χ1v) is 12.4. The van der Waals surface area contributed by atoms with Gasteiger partial charge in [0.05, 0.1) is 46.5 Å². The van der Waals surface area contributed by atoms with Gasteiger partial charge in [-0.3, -0.25) is 14.4 Å². The highest BCUT2D eigenvalue weighted by atomic mass is 35.5. The summed E-state index contributed by atoms with van der Waals surface area (Å²) in [5.74, 6) is -2.14. The zero-order chi connectivity index (χ0) is 23.2. The highest BCUT2D eigenvalue weighted by molar-refractivity contribution is 8.02. The number of benzene rings is 1. The number of anilines is 1. The Morgan fingerprint density at radius 2 is 2.16 bits per heavy atom. The van der Waals surface area contributed by atoms with E-state index in [1.165, 1.54) is 4.90 Å². The Morgan fingerprint density at radius 3 is 2.78 bits per heavy atom. The normalized spacial score (nSPS) is 31.5. The first-order chi connectivity index (χ1) is 15.3. The molecule has 9 heteroatoms. The van der Waals surface area contributed by atoms with Crippen LogP contribution in [0.25, 0.3) is 0 Å². The molecule has 0 aromatic heterocycles. The van der Waals surface area contributed by atoms with Gasteiger partial charge in [0, 0.05) is 5.25 Å². The van der Waals surface area contributed by atoms with E-state index in [2.05, 4.69) is 5.32 Å². The number of aliphatic hydroxyl groups excluding tert-OH is 1. The molecule has 0 radical (unpaired) electrons. The molecule has 0 saturated carbocycles. The number of halogens is 1. The molecule has 1 spiro atoms. The average Bonchev–Trinajstić information content (AvgIpc) is 3.40. The van der Waals surface area contributed by atoms with Gasteiger partial charge < -0.3 is 20.1 Å². The van der Waals surface area contributed by atoms with Crippen LogP contribution >= 0.6 is 23.4 Å². The lowest BCUT2D eigenvalue weighted by molar-refractivity contribution is -0.154. The number of hydrogen-bond donors (Lipinski definition) is 2. The van der Waals surface area contributed by atoms with Crippen molar-refractivity contribution in [1.29, 1.82) is 0 Å². The lowest BCUT2D eigenvalue weighted by atomic mass is 9.71. The van der Waals surface area contributed by atoms with E-state index in [1.807, 2.05) is 26.0 Å². The van der Waals surface area contributed by atoms with Crippen LogP contribution in [0, 0.1) is 18.8 Å². The van der Waals surface area contributed by atoms with E-state index in [0.29, 0.717) is 23.6 Å². The van der Waals surface area contributed by atoms with Gasteiger partial charge in [-0.05, 0) is 44.7 Å². The van der Waals surface area contributed by atoms with Crippen LogP contribution in [0.5, 0.6) is 0 Å². The molecule has 4 rings (SSSR count). The van der Waals surface area contributed by atoms with Gasteiger partial charge in [0.25, 0.3) is 0 Å². The van der Waals surface area contributed by atoms with Gasteiger partial charge in [-0.15, -0.1) is 11.8 Å². The zero-order valence-electron chi connectivity index (χ0n) is 18.5. The molecule has 2 amide bonds. The number of aliphatic hydroxyl groups is 1. The number of ether oxygens (including phenoxy) is 1. The third-order valence-electron chi connectivity index (χ3n) is 7.09. The maximum absolute atomic E-state index is 13.8. The van der Waals surface area contributed by atoms with E-state index in [1.54, 1.807) is 24.8 Å². The molecule has 3 aliphatic rings. The molecular weight excluding hydrogens is 452 g/mol. The summed E-state index contributed by atoms with van der Waals surface area (Å²) in [7, 11) is 0. The van der Waals surface area contributed by atoms with Crippen molar-refractivity contribution >= 4 is 46.8 Å². The molecule has 3 fully saturated rings. The molecule has 32 heavy (non-hydrogen) atoms. The van der Waals surface area contributed by atoms with Gasteiger partial charge in [-0.25, -0.2) is 0 Å². The van der Waals surface area contributed by atoms with Crippen LogP contribution in [-0.4, -0.2) is 63.1 Å². The number of hydrogen-bond acceptors (Lipinski definition) is 6. The third kappa shape index (κ3) is 3.42. The van der Waals surface area contributed by atoms with E-state index >= 15 is 0 Å². The van der Waals surface area contributed by atoms with E-state index in [9.17, 15) is 19.5 Å². The van der Waals surface area contributed by atoms with Crippen LogP contribution in [0.2, 0.25) is 5.02 Å². The Bertz CT molecular complexity index is 919. The zero-order valence-corrected chi connectivity index (χ0v) is 20.0. The van der Waals surface area contributed by atoms with Crippen LogP contribution < -0.4 is 5.32 Å². The van der Waals surface area contributed by atoms with Gasteiger partial charge in [0.1, 0.15) is 6.04 Å². The summed E-state index contributed by atoms with van der Waals surface area (Å²) < 4.78 is 4.59. The number of nitrogens with one attached hydrogen (secondary N) is 1. The topological polar surface area (TPSA) is 95.9 Å². The largest absolute Gasteiger partial charge is 0.466 e. The molecule has 174 valence electrons. The first-order valence-electron chi connectivity index (χ1n) is 11.1. The van der Waals surface area contributed by atoms with Crippen LogP contribution in [0.15, 0.2) is 18.2 Å². The predicted molar refractivity (Wildman–Crippen MR) is 124 cm³/mol. The lowest BCUT2D eigenvalue weighted by Gasteiger charge is -2.36. The smallest absolute Gasteiger partial charge is 0.310 e. The van der Waals surface area contributed by atoms with Gasteiger partial charge in [-0.2, -0.15) is 0 Å². The van der Waals surface area contributed by atoms with Gasteiger partial charge in [0.15, 0.2) is 0 Å². The van der Waals surface area contributed by atoms with Crippen LogP contribution in [0.1, 0.15) is 38.7 Å². The highest BCUT2D eigenvalue weighted by Gasteiger charge is 2.74. The van der Waals surface area contributed by atoms with Crippen molar-refractivity contribution in [2.24, 2.45) is 11.8 Å². The maximum Gasteiger partial charge on any atom is 0.310 e. The summed E-state index contributed by atoms with van der Waals surface area (Å²) in [6, 6.07) is 4.06. The SMILES string of the molecule is CCOC(=O)[C@@H]1[C@H]2C(=O)N([C@@H](CC)CO)C(C(=O)Nc3c(C)cccc3Cl)C23CC[C@H]1S3. The quantitative estimate of drug-likeness (QED) is 0.582. The number of likely N-dealkylation sites (tertiary alicyclic amines) is 1. The number of aryl methyl sites for hydroxylation is 1. The Kier molecular flexibility index (Phi) is 6.49. The summed E-state index contributed by atoms with van der Waals surface area (Å²) in [6.45, 7) is 5.47. The van der Waals surface area contributed by atoms with E-state index in [0.717, 1.165) is 12.0 Å². The maximum atomic E-state index is 13.8. The van der Waals surface area contributed by atoms with Crippen molar-refractivity contribution in [3.8, 4) is 0 Å². The van der Waals surface area contributed by atoms with Crippen LogP contribution in [0.4, 0.5) is 5.69 Å². The second-order valence-corrected chi connectivity index (χ2v) is 10.7. The molecule has 3 saturated heterocycles.